The van der Waals surface area contributed by atoms with E-state index < -0.39 is 17.8 Å². The van der Waals surface area contributed by atoms with Gasteiger partial charge in [-0.15, -0.1) is 0 Å². The summed E-state index contributed by atoms with van der Waals surface area (Å²) in [5.74, 6) is -0.891. The van der Waals surface area contributed by atoms with Crippen LogP contribution in [0, 0.1) is 12.7 Å². The van der Waals surface area contributed by atoms with Crippen LogP contribution in [-0.4, -0.2) is 42.9 Å². The molecule has 0 saturated heterocycles. The molecular formula is C23H22ClFN2O3. The van der Waals surface area contributed by atoms with E-state index in [0.29, 0.717) is 23.6 Å². The molecule has 0 radical (unpaired) electrons. The first kappa shape index (κ1) is 20.6. The Hall–Kier alpha value is -2.70. The SMILES string of the molecule is Cc1cc2oc3c(c(=O)c2cc1Cl)C(c1ccccc1F)N(CCCN(C)C)C3=O. The topological polar surface area (TPSA) is 53.8 Å². The Labute approximate surface area is 178 Å². The first-order chi connectivity index (χ1) is 14.3. The Morgan fingerprint density at radius 3 is 2.63 bits per heavy atom. The molecule has 2 aromatic carbocycles. The highest BCUT2D eigenvalue weighted by molar-refractivity contribution is 6.32. The number of fused-ring (bicyclic) bond motifs is 2. The lowest BCUT2D eigenvalue weighted by Crippen LogP contribution is -2.32. The summed E-state index contributed by atoms with van der Waals surface area (Å²) < 4.78 is 20.6. The second-order valence-corrected chi connectivity index (χ2v) is 8.26. The van der Waals surface area contributed by atoms with E-state index >= 15 is 0 Å². The quantitative estimate of drug-likeness (QED) is 0.604. The van der Waals surface area contributed by atoms with Gasteiger partial charge in [-0.1, -0.05) is 29.8 Å². The molecule has 0 spiro atoms. The maximum atomic E-state index is 14.7. The maximum absolute atomic E-state index is 14.7. The van der Waals surface area contributed by atoms with Crippen molar-refractivity contribution in [2.45, 2.75) is 19.4 Å². The zero-order valence-electron chi connectivity index (χ0n) is 17.0. The summed E-state index contributed by atoms with van der Waals surface area (Å²) in [4.78, 5) is 30.2. The predicted molar refractivity (Wildman–Crippen MR) is 115 cm³/mol. The highest BCUT2D eigenvalue weighted by Crippen LogP contribution is 2.39. The van der Waals surface area contributed by atoms with Crippen molar-refractivity contribution < 1.29 is 13.6 Å². The van der Waals surface area contributed by atoms with Crippen molar-refractivity contribution in [1.82, 2.24) is 9.80 Å². The summed E-state index contributed by atoms with van der Waals surface area (Å²) >= 11 is 6.22. The Kier molecular flexibility index (Phi) is 5.38. The second-order valence-electron chi connectivity index (χ2n) is 7.85. The molecule has 0 fully saturated rings. The van der Waals surface area contributed by atoms with E-state index in [1.165, 1.54) is 11.0 Å². The molecule has 3 aromatic rings. The van der Waals surface area contributed by atoms with Crippen molar-refractivity contribution in [3.8, 4) is 0 Å². The van der Waals surface area contributed by atoms with Gasteiger partial charge in [0, 0.05) is 17.1 Å². The van der Waals surface area contributed by atoms with Crippen LogP contribution in [-0.2, 0) is 0 Å². The molecule has 2 heterocycles. The molecule has 0 aliphatic carbocycles. The first-order valence-corrected chi connectivity index (χ1v) is 10.1. The van der Waals surface area contributed by atoms with Gasteiger partial charge in [0.25, 0.3) is 5.91 Å². The van der Waals surface area contributed by atoms with Crippen molar-refractivity contribution in [3.05, 3.63) is 79.9 Å². The fraction of sp³-hybridized carbons (Fsp3) is 0.304. The van der Waals surface area contributed by atoms with Gasteiger partial charge in [-0.05, 0) is 57.7 Å². The van der Waals surface area contributed by atoms with Crippen LogP contribution in [0.4, 0.5) is 4.39 Å². The van der Waals surface area contributed by atoms with Crippen molar-refractivity contribution in [2.75, 3.05) is 27.2 Å². The molecule has 30 heavy (non-hydrogen) atoms. The predicted octanol–water partition coefficient (Wildman–Crippen LogP) is 4.39. The van der Waals surface area contributed by atoms with Crippen LogP contribution >= 0.6 is 11.6 Å². The van der Waals surface area contributed by atoms with Gasteiger partial charge in [-0.3, -0.25) is 9.59 Å². The van der Waals surface area contributed by atoms with Gasteiger partial charge in [0.1, 0.15) is 11.4 Å². The van der Waals surface area contributed by atoms with Gasteiger partial charge < -0.3 is 14.2 Å². The Balaban J connectivity index is 1.93. The summed E-state index contributed by atoms with van der Waals surface area (Å²) in [6, 6.07) is 8.58. The van der Waals surface area contributed by atoms with Crippen LogP contribution in [0.2, 0.25) is 5.02 Å². The second kappa shape index (κ2) is 7.85. The largest absolute Gasteiger partial charge is 0.450 e. The number of nitrogens with zero attached hydrogens (tertiary/aromatic N) is 2. The summed E-state index contributed by atoms with van der Waals surface area (Å²) in [5.41, 5.74) is 1.13. The summed E-state index contributed by atoms with van der Waals surface area (Å²) in [7, 11) is 3.89. The van der Waals surface area contributed by atoms with E-state index in [1.54, 1.807) is 37.3 Å². The monoisotopic (exact) mass is 428 g/mol. The third-order valence-corrected chi connectivity index (χ3v) is 5.86. The molecular weight excluding hydrogens is 407 g/mol. The van der Waals surface area contributed by atoms with Crippen molar-refractivity contribution >= 4 is 28.5 Å². The van der Waals surface area contributed by atoms with E-state index in [2.05, 4.69) is 0 Å². The van der Waals surface area contributed by atoms with Crippen LogP contribution in [0.25, 0.3) is 11.0 Å². The van der Waals surface area contributed by atoms with Crippen molar-refractivity contribution in [2.24, 2.45) is 0 Å². The Morgan fingerprint density at radius 2 is 1.93 bits per heavy atom. The number of hydrogen-bond acceptors (Lipinski definition) is 4. The zero-order chi connectivity index (χ0) is 21.6. The molecule has 1 unspecified atom stereocenters. The number of aryl methyl sites for hydroxylation is 1. The molecule has 7 heteroatoms. The third-order valence-electron chi connectivity index (χ3n) is 5.45. The fourth-order valence-electron chi connectivity index (χ4n) is 3.95. The first-order valence-electron chi connectivity index (χ1n) is 9.76. The highest BCUT2D eigenvalue weighted by atomic mass is 35.5. The molecule has 1 atom stereocenters. The number of carbonyl (C=O) groups is 1. The van der Waals surface area contributed by atoms with Crippen LogP contribution in [0.15, 0.2) is 45.6 Å². The average Bonchev–Trinajstić information content (AvgIpc) is 2.96. The number of amides is 1. The smallest absolute Gasteiger partial charge is 0.290 e. The number of rotatable bonds is 5. The van der Waals surface area contributed by atoms with E-state index in [1.807, 2.05) is 19.0 Å². The lowest BCUT2D eigenvalue weighted by Gasteiger charge is -2.26. The van der Waals surface area contributed by atoms with E-state index in [9.17, 15) is 14.0 Å². The maximum Gasteiger partial charge on any atom is 0.290 e. The minimum absolute atomic E-state index is 0.0210. The minimum Gasteiger partial charge on any atom is -0.450 e. The van der Waals surface area contributed by atoms with Gasteiger partial charge >= 0.3 is 0 Å². The van der Waals surface area contributed by atoms with Crippen molar-refractivity contribution in [1.29, 1.82) is 0 Å². The number of hydrogen-bond donors (Lipinski definition) is 0. The summed E-state index contributed by atoms with van der Waals surface area (Å²) in [5, 5.41) is 0.720. The fourth-order valence-corrected chi connectivity index (χ4v) is 4.11. The number of halogens is 2. The van der Waals surface area contributed by atoms with Gasteiger partial charge in [0.15, 0.2) is 5.43 Å². The lowest BCUT2D eigenvalue weighted by molar-refractivity contribution is 0.0720. The molecule has 1 aliphatic heterocycles. The van der Waals surface area contributed by atoms with Gasteiger partial charge in [0.2, 0.25) is 5.76 Å². The van der Waals surface area contributed by atoms with E-state index in [-0.39, 0.29) is 27.7 Å². The molecule has 156 valence electrons. The average molecular weight is 429 g/mol. The minimum atomic E-state index is -0.836. The molecule has 0 bridgehead atoms. The highest BCUT2D eigenvalue weighted by Gasteiger charge is 2.43. The molecule has 1 aliphatic rings. The zero-order valence-corrected chi connectivity index (χ0v) is 17.8. The normalized spacial score (nSPS) is 16.0. The van der Waals surface area contributed by atoms with Gasteiger partial charge in [0.05, 0.1) is 17.0 Å². The molecule has 4 rings (SSSR count). The van der Waals surface area contributed by atoms with Crippen LogP contribution in [0.1, 0.15) is 39.7 Å². The standard InChI is InChI=1S/C23H22ClFN2O3/c1-13-11-18-15(12-16(13)24)21(28)19-20(14-7-4-5-8-17(14)25)27(10-6-9-26(2)3)23(29)22(19)30-18/h4-5,7-8,11-12,20H,6,9-10H2,1-3H3. The third kappa shape index (κ3) is 3.40. The number of carbonyl (C=O) groups excluding carboxylic acids is 1. The van der Waals surface area contributed by atoms with Crippen LogP contribution in [0.3, 0.4) is 0 Å². The Bertz CT molecular complexity index is 1210. The molecule has 0 N–H and O–H groups in total. The van der Waals surface area contributed by atoms with Gasteiger partial charge in [-0.2, -0.15) is 0 Å². The molecule has 5 nitrogen and oxygen atoms in total. The Morgan fingerprint density at radius 1 is 1.20 bits per heavy atom. The molecule has 1 aromatic heterocycles. The van der Waals surface area contributed by atoms with Crippen LogP contribution < -0.4 is 5.43 Å². The van der Waals surface area contributed by atoms with Gasteiger partial charge in [-0.25, -0.2) is 4.39 Å². The summed E-state index contributed by atoms with van der Waals surface area (Å²) in [6.45, 7) is 2.92. The van der Waals surface area contributed by atoms with E-state index in [0.717, 1.165) is 12.1 Å². The molecule has 0 saturated carbocycles. The lowest BCUT2D eigenvalue weighted by atomic mass is 9.97. The summed E-state index contributed by atoms with van der Waals surface area (Å²) in [6.07, 6.45) is 0.677. The van der Waals surface area contributed by atoms with E-state index in [4.69, 9.17) is 16.0 Å². The van der Waals surface area contributed by atoms with Crippen LogP contribution in [0.5, 0.6) is 0 Å². The molecule has 1 amide bonds. The number of benzene rings is 2. The van der Waals surface area contributed by atoms with Crippen molar-refractivity contribution in [3.63, 3.8) is 0 Å².